The molecule has 0 bridgehead atoms. The summed E-state index contributed by atoms with van der Waals surface area (Å²) in [5.41, 5.74) is 3.95. The van der Waals surface area contributed by atoms with Crippen LogP contribution in [0.3, 0.4) is 0 Å². The number of halogens is 2. The van der Waals surface area contributed by atoms with Gasteiger partial charge in [0, 0.05) is 6.20 Å². The third kappa shape index (κ3) is 3.35. The minimum Gasteiger partial charge on any atom is -0.317 e. The van der Waals surface area contributed by atoms with Crippen LogP contribution in [0.15, 0.2) is 36.5 Å². The van der Waals surface area contributed by atoms with E-state index in [1.807, 2.05) is 38.1 Å². The summed E-state index contributed by atoms with van der Waals surface area (Å²) < 4.78 is 28.0. The number of carbonyl (C=O) groups is 1. The molecular formula is C18H19F2N5O. The molecule has 0 radical (unpaired) electrons. The van der Waals surface area contributed by atoms with E-state index in [0.29, 0.717) is 22.6 Å². The smallest absolute Gasteiger partial charge is 0.317 e. The Morgan fingerprint density at radius 1 is 1.19 bits per heavy atom. The predicted octanol–water partition coefficient (Wildman–Crippen LogP) is 3.70. The third-order valence-electron chi connectivity index (χ3n) is 4.29. The monoisotopic (exact) mass is 359 g/mol. The van der Waals surface area contributed by atoms with E-state index < -0.39 is 12.5 Å². The lowest BCUT2D eigenvalue weighted by Crippen LogP contribution is -2.19. The summed E-state index contributed by atoms with van der Waals surface area (Å²) >= 11 is 0. The second kappa shape index (κ2) is 7.07. The number of nitrogens with zero attached hydrogens (tertiary/aromatic N) is 4. The normalized spacial score (nSPS) is 11.2. The minimum absolute atomic E-state index is 0.203. The Balaban J connectivity index is 1.85. The second-order valence-corrected chi connectivity index (χ2v) is 6.02. The first kappa shape index (κ1) is 17.8. The molecule has 3 rings (SSSR count). The van der Waals surface area contributed by atoms with Gasteiger partial charge in [-0.15, -0.1) is 0 Å². The van der Waals surface area contributed by atoms with Gasteiger partial charge in [0.1, 0.15) is 5.69 Å². The first-order valence-corrected chi connectivity index (χ1v) is 8.10. The molecule has 0 saturated carbocycles. The van der Waals surface area contributed by atoms with E-state index in [-0.39, 0.29) is 5.69 Å². The highest BCUT2D eigenvalue weighted by molar-refractivity contribution is 6.03. The van der Waals surface area contributed by atoms with Crippen molar-refractivity contribution in [1.29, 1.82) is 0 Å². The second-order valence-electron chi connectivity index (χ2n) is 6.02. The van der Waals surface area contributed by atoms with E-state index in [2.05, 4.69) is 15.5 Å². The average Bonchev–Trinajstić information content (AvgIpc) is 3.18. The first-order chi connectivity index (χ1) is 12.4. The highest BCUT2D eigenvalue weighted by Crippen LogP contribution is 2.22. The summed E-state index contributed by atoms with van der Waals surface area (Å²) in [6.45, 7) is 3.30. The van der Waals surface area contributed by atoms with Crippen LogP contribution in [0, 0.1) is 20.8 Å². The van der Waals surface area contributed by atoms with Crippen LogP contribution in [0.4, 0.5) is 14.5 Å². The zero-order valence-electron chi connectivity index (χ0n) is 14.7. The molecule has 0 saturated heterocycles. The Hall–Kier alpha value is -3.03. The molecule has 3 aromatic rings. The minimum atomic E-state index is -2.88. The topological polar surface area (TPSA) is 64.7 Å². The molecule has 2 heterocycles. The van der Waals surface area contributed by atoms with E-state index in [1.54, 1.807) is 11.6 Å². The summed E-state index contributed by atoms with van der Waals surface area (Å²) in [5, 5.41) is 10.6. The quantitative estimate of drug-likeness (QED) is 0.755. The van der Waals surface area contributed by atoms with Crippen molar-refractivity contribution in [2.24, 2.45) is 0 Å². The molecule has 2 aromatic heterocycles. The van der Waals surface area contributed by atoms with Gasteiger partial charge >= 0.3 is 6.55 Å². The number of hydrogen-bond donors (Lipinski definition) is 1. The van der Waals surface area contributed by atoms with Crippen molar-refractivity contribution in [2.45, 2.75) is 33.9 Å². The number of nitrogens with one attached hydrogen (secondary N) is 1. The molecule has 1 amide bonds. The highest BCUT2D eigenvalue weighted by atomic mass is 19.3. The summed E-state index contributed by atoms with van der Waals surface area (Å²) in [4.78, 5) is 12.4. The van der Waals surface area contributed by atoms with Gasteiger partial charge in [0.25, 0.3) is 5.91 Å². The molecule has 0 aliphatic carbocycles. The van der Waals surface area contributed by atoms with E-state index in [9.17, 15) is 13.6 Å². The molecule has 6 nitrogen and oxygen atoms in total. The lowest BCUT2D eigenvalue weighted by atomic mass is 10.1. The molecule has 1 aromatic carbocycles. The molecule has 8 heteroatoms. The summed E-state index contributed by atoms with van der Waals surface area (Å²) in [5.74, 6) is -0.649. The van der Waals surface area contributed by atoms with Crippen LogP contribution in [0.25, 0.3) is 0 Å². The Morgan fingerprint density at radius 2 is 1.92 bits per heavy atom. The fourth-order valence-electron chi connectivity index (χ4n) is 2.81. The van der Waals surface area contributed by atoms with Crippen LogP contribution in [0.1, 0.15) is 39.6 Å². The van der Waals surface area contributed by atoms with Gasteiger partial charge in [-0.1, -0.05) is 24.3 Å². The standard InChI is InChI=1S/C18H19F2N5O/c1-11-6-4-5-7-14(11)10-24-13(3)16(12(2)23-24)22-17(26)15-8-9-21-25(15)18(19)20/h4-9,18H,10H2,1-3H3,(H,22,26). The van der Waals surface area contributed by atoms with Gasteiger partial charge in [0.05, 0.1) is 23.6 Å². The van der Waals surface area contributed by atoms with Gasteiger partial charge in [-0.25, -0.2) is 0 Å². The van der Waals surface area contributed by atoms with Crippen molar-refractivity contribution in [1.82, 2.24) is 19.6 Å². The maximum absolute atomic E-state index is 12.9. The highest BCUT2D eigenvalue weighted by Gasteiger charge is 2.21. The number of aryl methyl sites for hydroxylation is 2. The molecule has 0 unspecified atom stereocenters. The fraction of sp³-hybridized carbons (Fsp3) is 0.278. The summed E-state index contributed by atoms with van der Waals surface area (Å²) in [7, 11) is 0. The number of amides is 1. The van der Waals surface area contributed by atoms with E-state index in [4.69, 9.17) is 0 Å². The Bertz CT molecular complexity index is 945. The van der Waals surface area contributed by atoms with Crippen LogP contribution in [-0.2, 0) is 6.54 Å². The van der Waals surface area contributed by atoms with Gasteiger partial charge in [0.15, 0.2) is 0 Å². The van der Waals surface area contributed by atoms with Crippen LogP contribution in [0.2, 0.25) is 0 Å². The number of carbonyl (C=O) groups excluding carboxylic acids is 1. The Kier molecular flexibility index (Phi) is 4.83. The van der Waals surface area contributed by atoms with Gasteiger partial charge in [0.2, 0.25) is 0 Å². The van der Waals surface area contributed by atoms with Crippen LogP contribution >= 0.6 is 0 Å². The Labute approximate surface area is 149 Å². The molecule has 26 heavy (non-hydrogen) atoms. The van der Waals surface area contributed by atoms with Crippen LogP contribution < -0.4 is 5.32 Å². The zero-order chi connectivity index (χ0) is 18.8. The summed E-state index contributed by atoms with van der Waals surface area (Å²) in [6.07, 6.45) is 1.17. The lowest BCUT2D eigenvalue weighted by Gasteiger charge is -2.09. The lowest BCUT2D eigenvalue weighted by molar-refractivity contribution is 0.0520. The van der Waals surface area contributed by atoms with Gasteiger partial charge < -0.3 is 5.32 Å². The van der Waals surface area contributed by atoms with Gasteiger partial charge in [-0.2, -0.15) is 23.7 Å². The van der Waals surface area contributed by atoms with Crippen molar-refractivity contribution in [3.8, 4) is 0 Å². The van der Waals surface area contributed by atoms with E-state index >= 15 is 0 Å². The van der Waals surface area contributed by atoms with Gasteiger partial charge in [-0.3, -0.25) is 9.48 Å². The number of rotatable bonds is 5. The number of anilines is 1. The summed E-state index contributed by atoms with van der Waals surface area (Å²) in [6, 6.07) is 9.23. The molecule has 136 valence electrons. The first-order valence-electron chi connectivity index (χ1n) is 8.10. The van der Waals surface area contributed by atoms with Crippen molar-refractivity contribution in [2.75, 3.05) is 5.32 Å². The van der Waals surface area contributed by atoms with E-state index in [0.717, 1.165) is 16.8 Å². The maximum atomic E-state index is 12.9. The molecule has 0 fully saturated rings. The molecule has 0 atom stereocenters. The molecule has 0 aliphatic rings. The van der Waals surface area contributed by atoms with Crippen molar-refractivity contribution in [3.63, 3.8) is 0 Å². The molecule has 0 spiro atoms. The van der Waals surface area contributed by atoms with Crippen molar-refractivity contribution < 1.29 is 13.6 Å². The van der Waals surface area contributed by atoms with Crippen molar-refractivity contribution >= 4 is 11.6 Å². The largest absolute Gasteiger partial charge is 0.333 e. The van der Waals surface area contributed by atoms with Crippen molar-refractivity contribution in [3.05, 3.63) is 64.7 Å². The van der Waals surface area contributed by atoms with Crippen LogP contribution in [0.5, 0.6) is 0 Å². The number of alkyl halides is 2. The fourth-order valence-corrected chi connectivity index (χ4v) is 2.81. The van der Waals surface area contributed by atoms with Gasteiger partial charge in [-0.05, 0) is 38.0 Å². The molecule has 1 N–H and O–H groups in total. The predicted molar refractivity (Wildman–Crippen MR) is 93.4 cm³/mol. The van der Waals surface area contributed by atoms with E-state index in [1.165, 1.54) is 12.3 Å². The number of hydrogen-bond acceptors (Lipinski definition) is 3. The zero-order valence-corrected chi connectivity index (χ0v) is 14.7. The maximum Gasteiger partial charge on any atom is 0.333 e. The average molecular weight is 359 g/mol. The molecule has 0 aliphatic heterocycles. The third-order valence-corrected chi connectivity index (χ3v) is 4.29. The number of benzene rings is 1. The Morgan fingerprint density at radius 3 is 2.62 bits per heavy atom. The molecular weight excluding hydrogens is 340 g/mol. The van der Waals surface area contributed by atoms with Crippen LogP contribution in [-0.4, -0.2) is 25.5 Å². The number of aromatic nitrogens is 4. The SMILES string of the molecule is Cc1ccccc1Cn1nc(C)c(NC(=O)c2ccnn2C(F)F)c1C.